The van der Waals surface area contributed by atoms with Gasteiger partial charge >= 0.3 is 0 Å². The summed E-state index contributed by atoms with van der Waals surface area (Å²) in [5, 5.41) is 12.5. The molecule has 0 aliphatic rings. The van der Waals surface area contributed by atoms with E-state index in [0.29, 0.717) is 0 Å². The van der Waals surface area contributed by atoms with Crippen LogP contribution in [0.2, 0.25) is 0 Å². The van der Waals surface area contributed by atoms with Gasteiger partial charge in [0.2, 0.25) is 5.91 Å². The van der Waals surface area contributed by atoms with Gasteiger partial charge in [-0.1, -0.05) is 12.1 Å². The van der Waals surface area contributed by atoms with Crippen molar-refractivity contribution in [1.29, 1.82) is 0 Å². The van der Waals surface area contributed by atoms with Crippen molar-refractivity contribution < 1.29 is 14.6 Å². The second kappa shape index (κ2) is 8.09. The summed E-state index contributed by atoms with van der Waals surface area (Å²) in [4.78, 5) is 12.8. The normalized spacial score (nSPS) is 14.2. The molecule has 0 saturated carbocycles. The minimum atomic E-state index is -1.06. The summed E-state index contributed by atoms with van der Waals surface area (Å²) in [6, 6.07) is 7.92. The van der Waals surface area contributed by atoms with Crippen LogP contribution in [0, 0.1) is 0 Å². The zero-order valence-corrected chi connectivity index (χ0v) is 12.9. The summed E-state index contributed by atoms with van der Waals surface area (Å²) in [6.07, 6.45) is 5.21. The highest BCUT2D eigenvalue weighted by atomic mass is 32.2. The lowest BCUT2D eigenvalue weighted by Gasteiger charge is -2.21. The van der Waals surface area contributed by atoms with Crippen LogP contribution >= 0.6 is 11.8 Å². The second-order valence-corrected chi connectivity index (χ2v) is 5.63. The number of amides is 1. The van der Waals surface area contributed by atoms with Crippen LogP contribution in [0.1, 0.15) is 12.5 Å². The Balaban J connectivity index is 2.46. The third-order valence-electron chi connectivity index (χ3n) is 2.64. The van der Waals surface area contributed by atoms with E-state index in [1.165, 1.54) is 18.1 Å². The van der Waals surface area contributed by atoms with E-state index >= 15 is 0 Å². The van der Waals surface area contributed by atoms with Crippen LogP contribution in [0.3, 0.4) is 0 Å². The van der Waals surface area contributed by atoms with Gasteiger partial charge in [0.25, 0.3) is 0 Å². The van der Waals surface area contributed by atoms with Crippen molar-refractivity contribution in [3.05, 3.63) is 35.9 Å². The molecule has 0 unspecified atom stereocenters. The van der Waals surface area contributed by atoms with Crippen LogP contribution in [-0.2, 0) is 9.53 Å². The fourth-order valence-corrected chi connectivity index (χ4v) is 1.99. The summed E-state index contributed by atoms with van der Waals surface area (Å²) < 4.78 is 4.87. The second-order valence-electron chi connectivity index (χ2n) is 4.75. The molecular weight excluding hydrogens is 274 g/mol. The van der Waals surface area contributed by atoms with E-state index in [1.807, 2.05) is 30.5 Å². The number of carbonyl (C=O) groups is 1. The van der Waals surface area contributed by atoms with Gasteiger partial charge in [-0.05, 0) is 37.0 Å². The van der Waals surface area contributed by atoms with E-state index < -0.39 is 5.60 Å². The number of hydrogen-bond donors (Lipinski definition) is 2. The van der Waals surface area contributed by atoms with Crippen LogP contribution in [-0.4, -0.2) is 43.1 Å². The predicted molar refractivity (Wildman–Crippen MR) is 82.8 cm³/mol. The van der Waals surface area contributed by atoms with E-state index in [0.717, 1.165) is 5.56 Å². The van der Waals surface area contributed by atoms with Gasteiger partial charge in [0.1, 0.15) is 5.60 Å². The Labute approximate surface area is 124 Å². The molecule has 1 aromatic carbocycles. The molecule has 1 rings (SSSR count). The van der Waals surface area contributed by atoms with Crippen LogP contribution in [0.5, 0.6) is 0 Å². The highest BCUT2D eigenvalue weighted by Gasteiger charge is 2.20. The summed E-state index contributed by atoms with van der Waals surface area (Å²) in [5.41, 5.74) is -0.0975. The maximum atomic E-state index is 11.6. The SMILES string of the molecule is COC[C@@](C)(O)CNC(=O)/C=C/c1ccc(SC)cc1. The average molecular weight is 295 g/mol. The standard InChI is InChI=1S/C15H21NO3S/c1-15(18,11-19-2)10-16-14(17)9-6-12-4-7-13(20-3)8-5-12/h4-9,18H,10-11H2,1-3H3,(H,16,17)/b9-6+/t15-/m0/s1. The Morgan fingerprint density at radius 3 is 2.65 bits per heavy atom. The monoisotopic (exact) mass is 295 g/mol. The van der Waals surface area contributed by atoms with Crippen LogP contribution in [0.25, 0.3) is 6.08 Å². The molecule has 110 valence electrons. The van der Waals surface area contributed by atoms with Gasteiger partial charge in [0.05, 0.1) is 6.61 Å². The Hall–Kier alpha value is -1.30. The molecule has 5 heteroatoms. The van der Waals surface area contributed by atoms with Gasteiger partial charge in [0.15, 0.2) is 0 Å². The zero-order chi connectivity index (χ0) is 15.0. The number of hydrogen-bond acceptors (Lipinski definition) is 4. The lowest BCUT2D eigenvalue weighted by Crippen LogP contribution is -2.43. The summed E-state index contributed by atoms with van der Waals surface area (Å²) >= 11 is 1.67. The molecule has 0 saturated heterocycles. The quantitative estimate of drug-likeness (QED) is 0.596. The molecule has 2 N–H and O–H groups in total. The van der Waals surface area contributed by atoms with Crippen LogP contribution in [0.4, 0.5) is 0 Å². The van der Waals surface area contributed by atoms with Crippen molar-refractivity contribution in [2.75, 3.05) is 26.5 Å². The van der Waals surface area contributed by atoms with E-state index in [-0.39, 0.29) is 19.1 Å². The van der Waals surface area contributed by atoms with Crippen molar-refractivity contribution in [1.82, 2.24) is 5.32 Å². The summed E-state index contributed by atoms with van der Waals surface area (Å²) in [6.45, 7) is 1.93. The van der Waals surface area contributed by atoms with Gasteiger partial charge in [0, 0.05) is 24.6 Å². The first-order valence-corrected chi connectivity index (χ1v) is 7.50. The number of benzene rings is 1. The number of rotatable bonds is 7. The zero-order valence-electron chi connectivity index (χ0n) is 12.1. The molecule has 0 radical (unpaired) electrons. The number of ether oxygens (including phenoxy) is 1. The highest BCUT2D eigenvalue weighted by Crippen LogP contribution is 2.15. The molecule has 4 nitrogen and oxygen atoms in total. The molecule has 0 fully saturated rings. The number of aliphatic hydroxyl groups is 1. The number of thioether (sulfide) groups is 1. The largest absolute Gasteiger partial charge is 0.386 e. The Kier molecular flexibility index (Phi) is 6.78. The van der Waals surface area contributed by atoms with Gasteiger partial charge in [-0.15, -0.1) is 11.8 Å². The molecule has 1 aromatic rings. The van der Waals surface area contributed by atoms with E-state index in [4.69, 9.17) is 4.74 Å². The van der Waals surface area contributed by atoms with E-state index in [2.05, 4.69) is 5.32 Å². The number of methoxy groups -OCH3 is 1. The van der Waals surface area contributed by atoms with Crippen molar-refractivity contribution in [2.24, 2.45) is 0 Å². The smallest absolute Gasteiger partial charge is 0.244 e. The molecule has 1 amide bonds. The Bertz CT molecular complexity index is 455. The van der Waals surface area contributed by atoms with Crippen molar-refractivity contribution in [3.63, 3.8) is 0 Å². The molecule has 0 aromatic heterocycles. The van der Waals surface area contributed by atoms with Crippen molar-refractivity contribution >= 4 is 23.7 Å². The minimum absolute atomic E-state index is 0.148. The lowest BCUT2D eigenvalue weighted by atomic mass is 10.1. The molecule has 0 heterocycles. The molecule has 20 heavy (non-hydrogen) atoms. The average Bonchev–Trinajstić information content (AvgIpc) is 2.43. The Morgan fingerprint density at radius 1 is 1.45 bits per heavy atom. The highest BCUT2D eigenvalue weighted by molar-refractivity contribution is 7.98. The third kappa shape index (κ3) is 6.23. The fourth-order valence-electron chi connectivity index (χ4n) is 1.59. The first kappa shape index (κ1) is 16.8. The van der Waals surface area contributed by atoms with Crippen LogP contribution in [0.15, 0.2) is 35.2 Å². The lowest BCUT2D eigenvalue weighted by molar-refractivity contribution is -0.118. The van der Waals surface area contributed by atoms with E-state index in [1.54, 1.807) is 24.8 Å². The van der Waals surface area contributed by atoms with Crippen LogP contribution < -0.4 is 5.32 Å². The predicted octanol–water partition coefficient (Wildman–Crippen LogP) is 1.94. The Morgan fingerprint density at radius 2 is 2.10 bits per heavy atom. The van der Waals surface area contributed by atoms with Crippen molar-refractivity contribution in [2.45, 2.75) is 17.4 Å². The third-order valence-corrected chi connectivity index (χ3v) is 3.39. The van der Waals surface area contributed by atoms with Gasteiger partial charge in [-0.2, -0.15) is 0 Å². The first-order valence-electron chi connectivity index (χ1n) is 6.28. The minimum Gasteiger partial charge on any atom is -0.386 e. The molecule has 0 aliphatic carbocycles. The first-order chi connectivity index (χ1) is 9.46. The molecule has 0 bridgehead atoms. The van der Waals surface area contributed by atoms with Crippen molar-refractivity contribution in [3.8, 4) is 0 Å². The van der Waals surface area contributed by atoms with Gasteiger partial charge in [-0.3, -0.25) is 4.79 Å². The maximum Gasteiger partial charge on any atom is 0.244 e. The van der Waals surface area contributed by atoms with Gasteiger partial charge in [-0.25, -0.2) is 0 Å². The number of nitrogens with one attached hydrogen (secondary N) is 1. The molecular formula is C15H21NO3S. The molecule has 1 atom stereocenters. The summed E-state index contributed by atoms with van der Waals surface area (Å²) in [7, 11) is 1.51. The van der Waals surface area contributed by atoms with Gasteiger partial charge < -0.3 is 15.2 Å². The summed E-state index contributed by atoms with van der Waals surface area (Å²) in [5.74, 6) is -0.240. The topological polar surface area (TPSA) is 58.6 Å². The fraction of sp³-hybridized carbons (Fsp3) is 0.400. The maximum absolute atomic E-state index is 11.6. The molecule has 0 aliphatic heterocycles. The molecule has 0 spiro atoms. The number of carbonyl (C=O) groups excluding carboxylic acids is 1. The van der Waals surface area contributed by atoms with E-state index in [9.17, 15) is 9.90 Å².